The van der Waals surface area contributed by atoms with Gasteiger partial charge in [0.1, 0.15) is 0 Å². The quantitative estimate of drug-likeness (QED) is 0.572. The summed E-state index contributed by atoms with van der Waals surface area (Å²) >= 11 is 7.30. The summed E-state index contributed by atoms with van der Waals surface area (Å²) < 4.78 is 11.1. The highest BCUT2D eigenvalue weighted by Gasteiger charge is 2.21. The molecule has 0 aliphatic heterocycles. The molecule has 25 heavy (non-hydrogen) atoms. The maximum absolute atomic E-state index is 5.89. The maximum Gasteiger partial charge on any atom is 0.277 e. The Labute approximate surface area is 154 Å². The molecule has 1 fully saturated rings. The summed E-state index contributed by atoms with van der Waals surface area (Å²) in [5.41, 5.74) is 0.863. The lowest BCUT2D eigenvalue weighted by atomic mass is 9.89. The number of rotatable bonds is 5. The van der Waals surface area contributed by atoms with Gasteiger partial charge in [0.25, 0.3) is 5.22 Å². The number of nitrogens with zero attached hydrogens (tertiary/aromatic N) is 4. The topological polar surface area (TPSA) is 77.8 Å². The molecule has 0 amide bonds. The number of hydrogen-bond acceptors (Lipinski definition) is 7. The summed E-state index contributed by atoms with van der Waals surface area (Å²) in [6, 6.07) is 7.32. The molecule has 4 rings (SSSR count). The molecule has 0 saturated heterocycles. The smallest absolute Gasteiger partial charge is 0.277 e. The van der Waals surface area contributed by atoms with Crippen LogP contribution >= 0.6 is 23.4 Å². The number of hydrogen-bond donors (Lipinski definition) is 0. The fraction of sp³-hybridized carbons (Fsp3) is 0.412. The summed E-state index contributed by atoms with van der Waals surface area (Å²) in [5, 5.41) is 13.5. The molecule has 0 unspecified atom stereocenters. The molecule has 6 nitrogen and oxygen atoms in total. The van der Waals surface area contributed by atoms with Crippen LogP contribution in [0.25, 0.3) is 11.4 Å². The molecule has 0 spiro atoms. The van der Waals surface area contributed by atoms with Crippen molar-refractivity contribution in [1.82, 2.24) is 20.3 Å². The van der Waals surface area contributed by atoms with Crippen LogP contribution in [0.4, 0.5) is 0 Å². The van der Waals surface area contributed by atoms with Gasteiger partial charge >= 0.3 is 0 Å². The third-order valence-electron chi connectivity index (χ3n) is 4.27. The summed E-state index contributed by atoms with van der Waals surface area (Å²) in [6.45, 7) is 0. The van der Waals surface area contributed by atoms with Gasteiger partial charge in [-0.1, -0.05) is 47.8 Å². The van der Waals surface area contributed by atoms with Crippen LogP contribution in [0.2, 0.25) is 5.02 Å². The Kier molecular flexibility index (Phi) is 5.03. The predicted molar refractivity (Wildman–Crippen MR) is 94.4 cm³/mol. The van der Waals surface area contributed by atoms with Crippen LogP contribution in [-0.4, -0.2) is 20.3 Å². The van der Waals surface area contributed by atoms with Crippen molar-refractivity contribution in [3.8, 4) is 11.4 Å². The van der Waals surface area contributed by atoms with Crippen molar-refractivity contribution >= 4 is 23.4 Å². The van der Waals surface area contributed by atoms with E-state index >= 15 is 0 Å². The summed E-state index contributed by atoms with van der Waals surface area (Å²) in [6.07, 6.45) is 6.07. The first-order chi connectivity index (χ1) is 12.3. The molecule has 2 heterocycles. The Balaban J connectivity index is 1.37. The van der Waals surface area contributed by atoms with Crippen molar-refractivity contribution in [2.45, 2.75) is 49.0 Å². The molecular weight excluding hydrogens is 360 g/mol. The molecule has 0 atom stereocenters. The second-order valence-corrected chi connectivity index (χ2v) is 7.41. The molecule has 1 aromatic carbocycles. The lowest BCUT2D eigenvalue weighted by molar-refractivity contribution is 0.334. The largest absolute Gasteiger partial charge is 0.416 e. The number of halogens is 1. The van der Waals surface area contributed by atoms with E-state index in [1.165, 1.54) is 31.0 Å². The van der Waals surface area contributed by atoms with E-state index in [1.54, 1.807) is 12.1 Å². The monoisotopic (exact) mass is 376 g/mol. The maximum atomic E-state index is 5.89. The van der Waals surface area contributed by atoms with E-state index in [-0.39, 0.29) is 0 Å². The molecule has 8 heteroatoms. The Bertz CT molecular complexity index is 827. The van der Waals surface area contributed by atoms with Gasteiger partial charge in [-0.25, -0.2) is 0 Å². The fourth-order valence-electron chi connectivity index (χ4n) is 2.95. The van der Waals surface area contributed by atoms with E-state index in [0.29, 0.717) is 33.6 Å². The molecule has 0 N–H and O–H groups in total. The van der Waals surface area contributed by atoms with Crippen LogP contribution in [0, 0.1) is 0 Å². The van der Waals surface area contributed by atoms with Gasteiger partial charge in [-0.2, -0.15) is 4.98 Å². The second-order valence-electron chi connectivity index (χ2n) is 6.05. The first-order valence-electron chi connectivity index (χ1n) is 8.32. The van der Waals surface area contributed by atoms with E-state index < -0.39 is 0 Å². The van der Waals surface area contributed by atoms with E-state index in [1.807, 2.05) is 12.1 Å². The normalized spacial score (nSPS) is 15.6. The summed E-state index contributed by atoms with van der Waals surface area (Å²) in [7, 11) is 0. The van der Waals surface area contributed by atoms with Gasteiger partial charge in [0.2, 0.25) is 17.6 Å². The molecule has 1 saturated carbocycles. The van der Waals surface area contributed by atoms with Gasteiger partial charge in [-0.05, 0) is 37.1 Å². The first-order valence-corrected chi connectivity index (χ1v) is 9.69. The van der Waals surface area contributed by atoms with Gasteiger partial charge in [0.05, 0.1) is 5.75 Å². The van der Waals surface area contributed by atoms with Crippen molar-refractivity contribution in [2.24, 2.45) is 0 Å². The minimum atomic E-state index is 0.413. The lowest BCUT2D eigenvalue weighted by Gasteiger charge is -2.17. The minimum absolute atomic E-state index is 0.413. The zero-order valence-corrected chi connectivity index (χ0v) is 15.1. The van der Waals surface area contributed by atoms with Crippen LogP contribution in [-0.2, 0) is 5.75 Å². The first kappa shape index (κ1) is 16.6. The van der Waals surface area contributed by atoms with Gasteiger partial charge in [0.15, 0.2) is 0 Å². The fourth-order valence-corrected chi connectivity index (χ4v) is 3.68. The van der Waals surface area contributed by atoms with Crippen LogP contribution in [0.5, 0.6) is 0 Å². The van der Waals surface area contributed by atoms with E-state index in [9.17, 15) is 0 Å². The highest BCUT2D eigenvalue weighted by Crippen LogP contribution is 2.33. The van der Waals surface area contributed by atoms with Crippen molar-refractivity contribution in [3.05, 3.63) is 41.1 Å². The molecule has 0 bridgehead atoms. The highest BCUT2D eigenvalue weighted by atomic mass is 35.5. The zero-order chi connectivity index (χ0) is 17.1. The molecule has 1 aliphatic carbocycles. The third-order valence-corrected chi connectivity index (χ3v) is 5.32. The standard InChI is InChI=1S/C17H17ClN4O2S/c18-13-8-6-11(7-9-13)15-19-14(24-22-15)10-25-17-21-20-16(23-17)12-4-2-1-3-5-12/h6-9,12H,1-5,10H2. The third kappa shape index (κ3) is 4.04. The zero-order valence-electron chi connectivity index (χ0n) is 13.5. The number of thioether (sulfide) groups is 1. The molecule has 130 valence electrons. The number of benzene rings is 1. The molecule has 1 aliphatic rings. The molecule has 3 aromatic rings. The van der Waals surface area contributed by atoms with Crippen molar-refractivity contribution in [2.75, 3.05) is 0 Å². The summed E-state index contributed by atoms with van der Waals surface area (Å²) in [4.78, 5) is 4.39. The Morgan fingerprint density at radius 3 is 2.68 bits per heavy atom. The second kappa shape index (κ2) is 7.58. The Morgan fingerprint density at radius 1 is 1.08 bits per heavy atom. The number of aromatic nitrogens is 4. The van der Waals surface area contributed by atoms with Crippen molar-refractivity contribution < 1.29 is 8.94 Å². The average molecular weight is 377 g/mol. The van der Waals surface area contributed by atoms with Gasteiger partial charge in [-0.3, -0.25) is 0 Å². The van der Waals surface area contributed by atoms with Crippen molar-refractivity contribution in [1.29, 1.82) is 0 Å². The molecular formula is C17H17ClN4O2S. The Morgan fingerprint density at radius 2 is 1.88 bits per heavy atom. The van der Waals surface area contributed by atoms with Gasteiger partial charge in [-0.15, -0.1) is 10.2 Å². The predicted octanol–water partition coefficient (Wildman–Crippen LogP) is 5.11. The van der Waals surface area contributed by atoms with Crippen LogP contribution in [0.3, 0.4) is 0 Å². The van der Waals surface area contributed by atoms with E-state index in [2.05, 4.69) is 20.3 Å². The minimum Gasteiger partial charge on any atom is -0.416 e. The van der Waals surface area contributed by atoms with Crippen LogP contribution in [0.15, 0.2) is 38.4 Å². The van der Waals surface area contributed by atoms with E-state index in [4.69, 9.17) is 20.5 Å². The highest BCUT2D eigenvalue weighted by molar-refractivity contribution is 7.98. The molecule has 0 radical (unpaired) electrons. The van der Waals surface area contributed by atoms with Crippen molar-refractivity contribution in [3.63, 3.8) is 0 Å². The average Bonchev–Trinajstić information content (AvgIpc) is 3.31. The van der Waals surface area contributed by atoms with Crippen LogP contribution < -0.4 is 0 Å². The van der Waals surface area contributed by atoms with E-state index in [0.717, 1.165) is 24.3 Å². The Hall–Kier alpha value is -1.86. The lowest BCUT2D eigenvalue weighted by Crippen LogP contribution is -2.04. The van der Waals surface area contributed by atoms with Gasteiger partial charge < -0.3 is 8.94 Å². The SMILES string of the molecule is Clc1ccc(-c2noc(CSc3nnc(C4CCCCC4)o3)n2)cc1. The molecule has 2 aromatic heterocycles. The summed E-state index contributed by atoms with van der Waals surface area (Å²) in [5.74, 6) is 2.73. The van der Waals surface area contributed by atoms with Gasteiger partial charge in [0, 0.05) is 16.5 Å². The van der Waals surface area contributed by atoms with Crippen LogP contribution in [0.1, 0.15) is 49.8 Å².